The van der Waals surface area contributed by atoms with E-state index >= 15 is 0 Å². The van der Waals surface area contributed by atoms with E-state index < -0.39 is 23.3 Å². The molecule has 2 aromatic rings. The Bertz CT molecular complexity index is 738. The van der Waals surface area contributed by atoms with Crippen LogP contribution in [-0.4, -0.2) is 0 Å². The summed E-state index contributed by atoms with van der Waals surface area (Å²) in [7, 11) is 0. The molecule has 0 aliphatic carbocycles. The van der Waals surface area contributed by atoms with Crippen molar-refractivity contribution in [2.45, 2.75) is 26.7 Å². The number of ether oxygens (including phenoxy) is 1. The highest BCUT2D eigenvalue weighted by Gasteiger charge is 2.20. The average Bonchev–Trinajstić information content (AvgIpc) is 2.54. The third-order valence-electron chi connectivity index (χ3n) is 3.35. The highest BCUT2D eigenvalue weighted by atomic mass is 19.2. The Kier molecular flexibility index (Phi) is 5.42. The van der Waals surface area contributed by atoms with Crippen molar-refractivity contribution >= 4 is 0 Å². The number of hydrogen-bond donors (Lipinski definition) is 0. The molecule has 0 heterocycles. The minimum Gasteiger partial charge on any atom is -0.462 e. The molecule has 0 fully saturated rings. The lowest BCUT2D eigenvalue weighted by Crippen LogP contribution is -2.00. The van der Waals surface area contributed by atoms with Gasteiger partial charge in [0.25, 0.3) is 0 Å². The van der Waals surface area contributed by atoms with E-state index in [0.29, 0.717) is 12.8 Å². The minimum absolute atomic E-state index is 0.211. The summed E-state index contributed by atoms with van der Waals surface area (Å²) in [5, 5.41) is 0. The maximum Gasteiger partial charge on any atom is 0.201 e. The molecule has 1 nitrogen and oxygen atoms in total. The number of rotatable bonds is 5. The smallest absolute Gasteiger partial charge is 0.201 e. The molecule has 0 amide bonds. The molecule has 0 aliphatic heterocycles. The molecule has 0 spiro atoms. The van der Waals surface area contributed by atoms with Gasteiger partial charge in [0.1, 0.15) is 0 Å². The van der Waals surface area contributed by atoms with Gasteiger partial charge in [-0.05, 0) is 31.0 Å². The maximum absolute atomic E-state index is 14.2. The number of benzene rings is 2. The summed E-state index contributed by atoms with van der Waals surface area (Å²) < 4.78 is 61.2. The molecule has 0 N–H and O–H groups in total. The largest absolute Gasteiger partial charge is 0.462 e. The van der Waals surface area contributed by atoms with Gasteiger partial charge in [0.15, 0.2) is 23.2 Å². The molecule has 122 valence electrons. The summed E-state index contributed by atoms with van der Waals surface area (Å²) >= 11 is 0. The molecule has 0 aromatic heterocycles. The van der Waals surface area contributed by atoms with Gasteiger partial charge in [-0.1, -0.05) is 31.6 Å². The van der Waals surface area contributed by atoms with E-state index in [9.17, 15) is 17.6 Å². The van der Waals surface area contributed by atoms with E-state index in [-0.39, 0.29) is 22.4 Å². The molecule has 2 rings (SSSR count). The highest BCUT2D eigenvalue weighted by Crippen LogP contribution is 2.33. The van der Waals surface area contributed by atoms with E-state index in [1.165, 1.54) is 30.5 Å². The van der Waals surface area contributed by atoms with Gasteiger partial charge in [-0.3, -0.25) is 0 Å². The molecule has 23 heavy (non-hydrogen) atoms. The standard InChI is InChI=1S/C18H16F4O/c1-3-5-11-6-7-12(16(20)15(11)19)13-8-9-14(23-10-4-2)18(22)17(13)21/h4,6-10H,3,5H2,1-2H3/b10-4+. The summed E-state index contributed by atoms with van der Waals surface area (Å²) in [6.07, 6.45) is 3.72. The Hall–Kier alpha value is -2.30. The summed E-state index contributed by atoms with van der Waals surface area (Å²) in [5.74, 6) is -5.07. The predicted octanol–water partition coefficient (Wildman–Crippen LogP) is 5.77. The van der Waals surface area contributed by atoms with Crippen LogP contribution in [0.2, 0.25) is 0 Å². The summed E-state index contributed by atoms with van der Waals surface area (Å²) in [4.78, 5) is 0. The monoisotopic (exact) mass is 324 g/mol. The van der Waals surface area contributed by atoms with Crippen LogP contribution in [0.5, 0.6) is 5.75 Å². The topological polar surface area (TPSA) is 9.23 Å². The van der Waals surface area contributed by atoms with Crippen LogP contribution < -0.4 is 4.74 Å². The first-order valence-corrected chi connectivity index (χ1v) is 7.24. The Labute approximate surface area is 132 Å². The van der Waals surface area contributed by atoms with Crippen LogP contribution in [0.15, 0.2) is 36.6 Å². The van der Waals surface area contributed by atoms with Crippen molar-refractivity contribution in [2.24, 2.45) is 0 Å². The average molecular weight is 324 g/mol. The van der Waals surface area contributed by atoms with Gasteiger partial charge in [0.05, 0.1) is 6.26 Å². The van der Waals surface area contributed by atoms with E-state index in [4.69, 9.17) is 4.74 Å². The fraction of sp³-hybridized carbons (Fsp3) is 0.222. The van der Waals surface area contributed by atoms with E-state index in [2.05, 4.69) is 0 Å². The zero-order valence-electron chi connectivity index (χ0n) is 12.8. The fourth-order valence-corrected chi connectivity index (χ4v) is 2.23. The Morgan fingerprint density at radius 1 is 0.870 bits per heavy atom. The minimum atomic E-state index is -1.28. The van der Waals surface area contributed by atoms with Gasteiger partial charge >= 0.3 is 0 Å². The van der Waals surface area contributed by atoms with Crippen LogP contribution in [0.4, 0.5) is 17.6 Å². The van der Waals surface area contributed by atoms with Crippen LogP contribution in [0, 0.1) is 23.3 Å². The molecule has 0 radical (unpaired) electrons. The van der Waals surface area contributed by atoms with E-state index in [1.54, 1.807) is 6.92 Å². The van der Waals surface area contributed by atoms with E-state index in [0.717, 1.165) is 6.07 Å². The van der Waals surface area contributed by atoms with Crippen LogP contribution in [0.25, 0.3) is 11.1 Å². The summed E-state index contributed by atoms with van der Waals surface area (Å²) in [6, 6.07) is 4.98. The third kappa shape index (κ3) is 3.38. The van der Waals surface area contributed by atoms with Crippen LogP contribution in [0.3, 0.4) is 0 Å². The van der Waals surface area contributed by atoms with Gasteiger partial charge in [0.2, 0.25) is 5.82 Å². The number of halogens is 4. The van der Waals surface area contributed by atoms with Gasteiger partial charge in [0, 0.05) is 11.1 Å². The van der Waals surface area contributed by atoms with Gasteiger partial charge in [-0.2, -0.15) is 4.39 Å². The molecular weight excluding hydrogens is 308 g/mol. The third-order valence-corrected chi connectivity index (χ3v) is 3.35. The van der Waals surface area contributed by atoms with Crippen LogP contribution >= 0.6 is 0 Å². The van der Waals surface area contributed by atoms with Crippen molar-refractivity contribution in [2.75, 3.05) is 0 Å². The molecule has 0 aliphatic rings. The second-order valence-corrected chi connectivity index (χ2v) is 4.98. The molecule has 5 heteroatoms. The lowest BCUT2D eigenvalue weighted by molar-refractivity contribution is 0.415. The van der Waals surface area contributed by atoms with Gasteiger partial charge < -0.3 is 4.74 Å². The number of allylic oxidation sites excluding steroid dienone is 1. The van der Waals surface area contributed by atoms with Crippen molar-refractivity contribution in [1.82, 2.24) is 0 Å². The summed E-state index contributed by atoms with van der Waals surface area (Å²) in [5.41, 5.74) is -0.464. The van der Waals surface area contributed by atoms with E-state index in [1.807, 2.05) is 6.92 Å². The molecule has 0 unspecified atom stereocenters. The molecule has 0 atom stereocenters. The van der Waals surface area contributed by atoms with Gasteiger partial charge in [-0.15, -0.1) is 0 Å². The first kappa shape index (κ1) is 17.1. The Morgan fingerprint density at radius 2 is 1.48 bits per heavy atom. The maximum atomic E-state index is 14.2. The van der Waals surface area contributed by atoms with Crippen molar-refractivity contribution < 1.29 is 22.3 Å². The zero-order valence-corrected chi connectivity index (χ0v) is 12.8. The lowest BCUT2D eigenvalue weighted by Gasteiger charge is -2.11. The fourth-order valence-electron chi connectivity index (χ4n) is 2.23. The number of aryl methyl sites for hydroxylation is 1. The predicted molar refractivity (Wildman–Crippen MR) is 81.1 cm³/mol. The molecule has 0 saturated carbocycles. The molecule has 0 bridgehead atoms. The Balaban J connectivity index is 2.51. The number of hydrogen-bond acceptors (Lipinski definition) is 1. The van der Waals surface area contributed by atoms with Crippen molar-refractivity contribution in [3.05, 3.63) is 65.4 Å². The van der Waals surface area contributed by atoms with Crippen LogP contribution in [0.1, 0.15) is 25.8 Å². The zero-order chi connectivity index (χ0) is 17.0. The Morgan fingerprint density at radius 3 is 2.09 bits per heavy atom. The SMILES string of the molecule is C/C=C/Oc1ccc(-c2ccc(CCC)c(F)c2F)c(F)c1F. The van der Waals surface area contributed by atoms with Gasteiger partial charge in [-0.25, -0.2) is 13.2 Å². The normalized spacial score (nSPS) is 11.2. The quantitative estimate of drug-likeness (QED) is 0.501. The first-order valence-electron chi connectivity index (χ1n) is 7.24. The summed E-state index contributed by atoms with van der Waals surface area (Å²) in [6.45, 7) is 3.49. The second-order valence-electron chi connectivity index (χ2n) is 4.98. The lowest BCUT2D eigenvalue weighted by atomic mass is 10.00. The van der Waals surface area contributed by atoms with Crippen molar-refractivity contribution in [3.8, 4) is 16.9 Å². The molecular formula is C18H16F4O. The van der Waals surface area contributed by atoms with Crippen molar-refractivity contribution in [1.29, 1.82) is 0 Å². The molecule has 0 saturated heterocycles. The second kappa shape index (κ2) is 7.31. The highest BCUT2D eigenvalue weighted by molar-refractivity contribution is 5.66. The molecule has 2 aromatic carbocycles. The van der Waals surface area contributed by atoms with Crippen LogP contribution in [-0.2, 0) is 6.42 Å². The van der Waals surface area contributed by atoms with Crippen molar-refractivity contribution in [3.63, 3.8) is 0 Å². The first-order chi connectivity index (χ1) is 11.0.